The minimum absolute atomic E-state index is 0.0364. The molecule has 0 aliphatic carbocycles. The highest BCUT2D eigenvalue weighted by Gasteiger charge is 2.16. The number of benzene rings is 2. The number of H-pyrrole nitrogens is 1. The van der Waals surface area contributed by atoms with Gasteiger partial charge in [0.25, 0.3) is 5.56 Å². The number of halogens is 1. The van der Waals surface area contributed by atoms with Crippen LogP contribution in [0, 0.1) is 11.3 Å². The van der Waals surface area contributed by atoms with Crippen molar-refractivity contribution in [2.45, 2.75) is 0 Å². The Morgan fingerprint density at radius 2 is 1.73 bits per heavy atom. The standard InChI is InChI=1S/C20H15BrN2O3/c1-25-14-7-8-15(19(9-14)26-2)16-10-18(23-20(24)17(16)11-22)12-3-5-13(21)6-4-12/h3-10H,1-2H3,(H,23,24). The number of nitrogens with zero attached hydrogens (tertiary/aromatic N) is 1. The number of nitrogens with one attached hydrogen (secondary N) is 1. The van der Waals surface area contributed by atoms with Crippen LogP contribution in [0.5, 0.6) is 11.5 Å². The third kappa shape index (κ3) is 3.35. The zero-order valence-corrected chi connectivity index (χ0v) is 15.8. The monoisotopic (exact) mass is 410 g/mol. The predicted octanol–water partition coefficient (Wildman–Crippen LogP) is 4.36. The number of hydrogen-bond donors (Lipinski definition) is 1. The highest BCUT2D eigenvalue weighted by molar-refractivity contribution is 9.10. The summed E-state index contributed by atoms with van der Waals surface area (Å²) in [5.41, 5.74) is 2.20. The van der Waals surface area contributed by atoms with Crippen LogP contribution < -0.4 is 15.0 Å². The number of methoxy groups -OCH3 is 2. The van der Waals surface area contributed by atoms with E-state index in [1.807, 2.05) is 30.3 Å². The summed E-state index contributed by atoms with van der Waals surface area (Å²) in [4.78, 5) is 15.2. The lowest BCUT2D eigenvalue weighted by molar-refractivity contribution is 0.395. The van der Waals surface area contributed by atoms with Crippen LogP contribution in [0.15, 0.2) is 57.8 Å². The Morgan fingerprint density at radius 3 is 2.35 bits per heavy atom. The Hall–Kier alpha value is -3.04. The third-order valence-corrected chi connectivity index (χ3v) is 4.53. The topological polar surface area (TPSA) is 75.1 Å². The first-order valence-electron chi connectivity index (χ1n) is 7.73. The van der Waals surface area contributed by atoms with Crippen molar-refractivity contribution < 1.29 is 9.47 Å². The van der Waals surface area contributed by atoms with E-state index in [1.54, 1.807) is 31.4 Å². The molecule has 0 radical (unpaired) electrons. The molecule has 5 nitrogen and oxygen atoms in total. The van der Waals surface area contributed by atoms with Crippen LogP contribution in [0.25, 0.3) is 22.4 Å². The van der Waals surface area contributed by atoms with Gasteiger partial charge in [-0.3, -0.25) is 4.79 Å². The summed E-state index contributed by atoms with van der Waals surface area (Å²) in [6.07, 6.45) is 0. The van der Waals surface area contributed by atoms with Gasteiger partial charge >= 0.3 is 0 Å². The molecule has 0 aliphatic heterocycles. The Labute approximate surface area is 159 Å². The van der Waals surface area contributed by atoms with Gasteiger partial charge in [0.2, 0.25) is 0 Å². The van der Waals surface area contributed by atoms with Crippen molar-refractivity contribution in [2.24, 2.45) is 0 Å². The first-order chi connectivity index (χ1) is 12.6. The van der Waals surface area contributed by atoms with Gasteiger partial charge in [-0.1, -0.05) is 28.1 Å². The molecular weight excluding hydrogens is 396 g/mol. The van der Waals surface area contributed by atoms with Crippen LogP contribution >= 0.6 is 15.9 Å². The normalized spacial score (nSPS) is 10.2. The lowest BCUT2D eigenvalue weighted by Crippen LogP contribution is -2.13. The van der Waals surface area contributed by atoms with Crippen LogP contribution in [0.1, 0.15) is 5.56 Å². The Bertz CT molecular complexity index is 1050. The van der Waals surface area contributed by atoms with Gasteiger partial charge in [-0.15, -0.1) is 0 Å². The quantitative estimate of drug-likeness (QED) is 0.692. The molecule has 0 bridgehead atoms. The second kappa shape index (κ2) is 7.46. The van der Waals surface area contributed by atoms with Crippen molar-refractivity contribution >= 4 is 15.9 Å². The fraction of sp³-hybridized carbons (Fsp3) is 0.100. The first-order valence-corrected chi connectivity index (χ1v) is 8.52. The largest absolute Gasteiger partial charge is 0.497 e. The molecule has 0 spiro atoms. The molecule has 1 heterocycles. The zero-order valence-electron chi connectivity index (χ0n) is 14.2. The number of nitriles is 1. The van der Waals surface area contributed by atoms with Crippen LogP contribution in [0.2, 0.25) is 0 Å². The molecule has 0 saturated carbocycles. The van der Waals surface area contributed by atoms with Gasteiger partial charge in [-0.05, 0) is 35.9 Å². The lowest BCUT2D eigenvalue weighted by atomic mass is 9.98. The molecule has 1 aromatic heterocycles. The highest BCUT2D eigenvalue weighted by Crippen LogP contribution is 2.35. The van der Waals surface area contributed by atoms with E-state index in [4.69, 9.17) is 9.47 Å². The summed E-state index contributed by atoms with van der Waals surface area (Å²) in [5, 5.41) is 9.48. The second-order valence-corrected chi connectivity index (χ2v) is 6.40. The Kier molecular flexibility index (Phi) is 5.10. The fourth-order valence-corrected chi connectivity index (χ4v) is 2.95. The average molecular weight is 411 g/mol. The summed E-state index contributed by atoms with van der Waals surface area (Å²) in [6.45, 7) is 0. The van der Waals surface area contributed by atoms with Gasteiger partial charge in [-0.2, -0.15) is 5.26 Å². The van der Waals surface area contributed by atoms with Crippen molar-refractivity contribution in [3.05, 3.63) is 68.9 Å². The van der Waals surface area contributed by atoms with E-state index >= 15 is 0 Å². The van der Waals surface area contributed by atoms with Crippen molar-refractivity contribution in [1.29, 1.82) is 5.26 Å². The number of ether oxygens (including phenoxy) is 2. The van der Waals surface area contributed by atoms with Crippen LogP contribution in [0.3, 0.4) is 0 Å². The Balaban J connectivity index is 2.25. The summed E-state index contributed by atoms with van der Waals surface area (Å²) >= 11 is 3.40. The van der Waals surface area contributed by atoms with Gasteiger partial charge in [0.05, 0.1) is 14.2 Å². The van der Waals surface area contributed by atoms with E-state index in [1.165, 1.54) is 7.11 Å². The van der Waals surface area contributed by atoms with Gasteiger partial charge < -0.3 is 14.5 Å². The molecule has 0 fully saturated rings. The molecule has 0 atom stereocenters. The van der Waals surface area contributed by atoms with Gasteiger partial charge in [0, 0.05) is 27.4 Å². The minimum atomic E-state index is -0.444. The fourth-order valence-electron chi connectivity index (χ4n) is 2.69. The molecule has 6 heteroatoms. The van der Waals surface area contributed by atoms with E-state index in [2.05, 4.69) is 20.9 Å². The average Bonchev–Trinajstić information content (AvgIpc) is 2.67. The predicted molar refractivity (Wildman–Crippen MR) is 103 cm³/mol. The van der Waals surface area contributed by atoms with Gasteiger partial charge in [-0.25, -0.2) is 0 Å². The van der Waals surface area contributed by atoms with Crippen LogP contribution in [-0.4, -0.2) is 19.2 Å². The molecule has 0 saturated heterocycles. The van der Waals surface area contributed by atoms with E-state index in [-0.39, 0.29) is 5.56 Å². The molecule has 26 heavy (non-hydrogen) atoms. The highest BCUT2D eigenvalue weighted by atomic mass is 79.9. The summed E-state index contributed by atoms with van der Waals surface area (Å²) in [7, 11) is 3.10. The maximum atomic E-state index is 12.5. The SMILES string of the molecule is COc1ccc(-c2cc(-c3ccc(Br)cc3)[nH]c(=O)c2C#N)c(OC)c1. The van der Waals surface area contributed by atoms with E-state index in [9.17, 15) is 10.1 Å². The number of aromatic amines is 1. The van der Waals surface area contributed by atoms with Crippen molar-refractivity contribution in [2.75, 3.05) is 14.2 Å². The molecule has 3 aromatic rings. The molecular formula is C20H15BrN2O3. The number of rotatable bonds is 4. The van der Waals surface area contributed by atoms with Crippen molar-refractivity contribution in [1.82, 2.24) is 4.98 Å². The molecule has 0 unspecified atom stereocenters. The van der Waals surface area contributed by atoms with Gasteiger partial charge in [0.15, 0.2) is 0 Å². The zero-order chi connectivity index (χ0) is 18.7. The van der Waals surface area contributed by atoms with E-state index < -0.39 is 5.56 Å². The smallest absolute Gasteiger partial charge is 0.266 e. The van der Waals surface area contributed by atoms with Crippen molar-refractivity contribution in [3.63, 3.8) is 0 Å². The Morgan fingerprint density at radius 1 is 1.00 bits per heavy atom. The molecule has 2 aromatic carbocycles. The maximum absolute atomic E-state index is 12.5. The van der Waals surface area contributed by atoms with Crippen LogP contribution in [-0.2, 0) is 0 Å². The molecule has 0 aliphatic rings. The van der Waals surface area contributed by atoms with E-state index in [0.29, 0.717) is 28.3 Å². The minimum Gasteiger partial charge on any atom is -0.497 e. The summed E-state index contributed by atoms with van der Waals surface area (Å²) in [6, 6.07) is 16.6. The molecule has 0 amide bonds. The number of pyridine rings is 1. The number of aromatic nitrogens is 1. The van der Waals surface area contributed by atoms with Crippen LogP contribution in [0.4, 0.5) is 0 Å². The van der Waals surface area contributed by atoms with Gasteiger partial charge in [0.1, 0.15) is 23.1 Å². The van der Waals surface area contributed by atoms with E-state index in [0.717, 1.165) is 10.0 Å². The summed E-state index contributed by atoms with van der Waals surface area (Å²) < 4.78 is 11.6. The summed E-state index contributed by atoms with van der Waals surface area (Å²) in [5.74, 6) is 1.15. The molecule has 1 N–H and O–H groups in total. The maximum Gasteiger partial charge on any atom is 0.266 e. The first kappa shape index (κ1) is 17.8. The molecule has 3 rings (SSSR count). The lowest BCUT2D eigenvalue weighted by Gasteiger charge is -2.13. The number of hydrogen-bond acceptors (Lipinski definition) is 4. The van der Waals surface area contributed by atoms with Crippen molar-refractivity contribution in [3.8, 4) is 40.0 Å². The third-order valence-electron chi connectivity index (χ3n) is 4.00. The molecule has 130 valence electrons. The second-order valence-electron chi connectivity index (χ2n) is 5.49.